The number of nitrogens with two attached hydrogens (primary N) is 1. The molecule has 4 nitrogen and oxygen atoms in total. The van der Waals surface area contributed by atoms with Crippen molar-refractivity contribution in [3.63, 3.8) is 0 Å². The minimum Gasteiger partial charge on any atom is -0.388 e. The maximum atomic E-state index is 12.6. The normalized spacial score (nSPS) is 20.8. The van der Waals surface area contributed by atoms with E-state index in [1.54, 1.807) is 18.2 Å². The van der Waals surface area contributed by atoms with E-state index in [0.29, 0.717) is 0 Å². The van der Waals surface area contributed by atoms with E-state index in [-0.39, 0.29) is 35.1 Å². The van der Waals surface area contributed by atoms with Crippen LogP contribution in [0.2, 0.25) is 0 Å². The first-order valence-corrected chi connectivity index (χ1v) is 9.26. The molecule has 1 saturated carbocycles. The van der Waals surface area contributed by atoms with Gasteiger partial charge in [-0.15, -0.1) is 0 Å². The van der Waals surface area contributed by atoms with Crippen molar-refractivity contribution in [2.45, 2.75) is 49.5 Å². The third kappa shape index (κ3) is 4.53. The lowest BCUT2D eigenvalue weighted by molar-refractivity contribution is 0.170. The first-order chi connectivity index (χ1) is 10.3. The van der Waals surface area contributed by atoms with Crippen LogP contribution < -0.4 is 5.73 Å². The Morgan fingerprint density at radius 3 is 2.71 bits per heavy atom. The highest BCUT2D eigenvalue weighted by Gasteiger charge is 2.23. The summed E-state index contributed by atoms with van der Waals surface area (Å²) in [6.07, 6.45) is 3.55. The maximum absolute atomic E-state index is 12.6. The molecule has 1 atom stereocenters. The molecule has 0 saturated heterocycles. The second kappa shape index (κ2) is 7.38. The van der Waals surface area contributed by atoms with E-state index in [1.165, 1.54) is 12.5 Å². The molecule has 0 aliphatic heterocycles. The zero-order valence-corrected chi connectivity index (χ0v) is 13.1. The average molecular weight is 312 g/mol. The van der Waals surface area contributed by atoms with Gasteiger partial charge in [0.2, 0.25) is 0 Å². The zero-order valence-electron chi connectivity index (χ0n) is 13.3. The Bertz CT molecular complexity index is 595. The summed E-state index contributed by atoms with van der Waals surface area (Å²) in [5.74, 6) is 0.380. The molecule has 0 bridgehead atoms. The Labute approximate surface area is 128 Å². The van der Waals surface area contributed by atoms with E-state index in [0.717, 1.165) is 25.7 Å². The summed E-state index contributed by atoms with van der Waals surface area (Å²) in [5, 5.41) is 10.1. The SMILES string of the molecule is [2H]C(O)(CCN)c1cccc(S(=O)(=O)CC2CCCCC2)c1. The Kier molecular flexibility index (Phi) is 5.27. The summed E-state index contributed by atoms with van der Waals surface area (Å²) in [6, 6.07) is 6.11. The molecule has 0 radical (unpaired) electrons. The Morgan fingerprint density at radius 2 is 2.05 bits per heavy atom. The molecule has 2 rings (SSSR count). The maximum Gasteiger partial charge on any atom is 0.178 e. The molecule has 1 unspecified atom stereocenters. The number of aliphatic hydroxyl groups is 1. The molecule has 21 heavy (non-hydrogen) atoms. The third-order valence-electron chi connectivity index (χ3n) is 4.09. The fourth-order valence-corrected chi connectivity index (χ4v) is 4.65. The van der Waals surface area contributed by atoms with E-state index in [1.807, 2.05) is 0 Å². The van der Waals surface area contributed by atoms with Crippen molar-refractivity contribution in [2.24, 2.45) is 11.7 Å². The highest BCUT2D eigenvalue weighted by molar-refractivity contribution is 7.91. The third-order valence-corrected chi connectivity index (χ3v) is 5.97. The van der Waals surface area contributed by atoms with Gasteiger partial charge in [0.25, 0.3) is 0 Å². The first-order valence-electron chi connectivity index (χ1n) is 8.11. The quantitative estimate of drug-likeness (QED) is 0.845. The van der Waals surface area contributed by atoms with Crippen molar-refractivity contribution >= 4 is 9.84 Å². The number of benzene rings is 1. The predicted molar refractivity (Wildman–Crippen MR) is 83.7 cm³/mol. The highest BCUT2D eigenvalue weighted by Crippen LogP contribution is 2.28. The van der Waals surface area contributed by atoms with E-state index in [4.69, 9.17) is 7.10 Å². The van der Waals surface area contributed by atoms with Crippen LogP contribution in [0.15, 0.2) is 29.2 Å². The van der Waals surface area contributed by atoms with Gasteiger partial charge in [0.05, 0.1) is 18.1 Å². The van der Waals surface area contributed by atoms with Crippen molar-refractivity contribution in [3.8, 4) is 0 Å². The van der Waals surface area contributed by atoms with Crippen LogP contribution in [0.1, 0.15) is 51.5 Å². The number of hydrogen-bond donors (Lipinski definition) is 2. The van der Waals surface area contributed by atoms with Gasteiger partial charge in [-0.05, 0) is 49.4 Å². The molecule has 1 aliphatic rings. The molecule has 1 aliphatic carbocycles. The van der Waals surface area contributed by atoms with Crippen LogP contribution in [0.5, 0.6) is 0 Å². The van der Waals surface area contributed by atoms with Crippen molar-refractivity contribution < 1.29 is 14.9 Å². The summed E-state index contributed by atoms with van der Waals surface area (Å²) < 4.78 is 33.0. The summed E-state index contributed by atoms with van der Waals surface area (Å²) >= 11 is 0. The van der Waals surface area contributed by atoms with Crippen LogP contribution >= 0.6 is 0 Å². The molecule has 1 fully saturated rings. The van der Waals surface area contributed by atoms with Gasteiger partial charge in [-0.2, -0.15) is 0 Å². The monoisotopic (exact) mass is 312 g/mol. The zero-order chi connectivity index (χ0) is 16.2. The predicted octanol–water partition coefficient (Wildman–Crippen LogP) is 2.42. The molecule has 1 aromatic carbocycles. The second-order valence-electron chi connectivity index (χ2n) is 5.80. The molecule has 0 heterocycles. The molecule has 0 aromatic heterocycles. The van der Waals surface area contributed by atoms with Crippen LogP contribution in [0.4, 0.5) is 0 Å². The fraction of sp³-hybridized carbons (Fsp3) is 0.625. The van der Waals surface area contributed by atoms with E-state index < -0.39 is 15.9 Å². The minimum atomic E-state index is -3.38. The summed E-state index contributed by atoms with van der Waals surface area (Å²) in [6.45, 7) is 0.166. The van der Waals surface area contributed by atoms with E-state index >= 15 is 0 Å². The number of sulfone groups is 1. The fourth-order valence-electron chi connectivity index (χ4n) is 2.91. The van der Waals surface area contributed by atoms with Gasteiger partial charge in [-0.25, -0.2) is 8.42 Å². The van der Waals surface area contributed by atoms with Crippen LogP contribution in [-0.2, 0) is 9.84 Å². The topological polar surface area (TPSA) is 80.4 Å². The first kappa shape index (κ1) is 15.0. The van der Waals surface area contributed by atoms with Gasteiger partial charge in [0.15, 0.2) is 9.84 Å². The van der Waals surface area contributed by atoms with Gasteiger partial charge in [0, 0.05) is 0 Å². The van der Waals surface area contributed by atoms with Gasteiger partial charge < -0.3 is 10.8 Å². The van der Waals surface area contributed by atoms with Crippen molar-refractivity contribution in [2.75, 3.05) is 12.3 Å². The molecule has 0 spiro atoms. The molecule has 118 valence electrons. The molecule has 1 aromatic rings. The lowest BCUT2D eigenvalue weighted by Crippen LogP contribution is -2.19. The number of hydrogen-bond acceptors (Lipinski definition) is 4. The van der Waals surface area contributed by atoms with E-state index in [9.17, 15) is 13.5 Å². The standard InChI is InChI=1S/C16H25NO3S/c17-10-9-16(18)14-7-4-8-15(11-14)21(19,20)12-13-5-2-1-3-6-13/h4,7-8,11,13,16,18H,1-3,5-6,9-10,12,17H2/i16D. The lowest BCUT2D eigenvalue weighted by atomic mass is 9.91. The molecular weight excluding hydrogens is 286 g/mol. The molecular formula is C16H25NO3S. The smallest absolute Gasteiger partial charge is 0.178 e. The highest BCUT2D eigenvalue weighted by atomic mass is 32.2. The van der Waals surface area contributed by atoms with Crippen molar-refractivity contribution in [3.05, 3.63) is 29.8 Å². The van der Waals surface area contributed by atoms with E-state index in [2.05, 4.69) is 0 Å². The van der Waals surface area contributed by atoms with Crippen molar-refractivity contribution in [1.82, 2.24) is 0 Å². The van der Waals surface area contributed by atoms with Crippen LogP contribution in [0, 0.1) is 5.92 Å². The Morgan fingerprint density at radius 1 is 1.33 bits per heavy atom. The summed E-state index contributed by atoms with van der Waals surface area (Å²) in [4.78, 5) is 0.193. The molecule has 3 N–H and O–H groups in total. The van der Waals surface area contributed by atoms with Gasteiger partial charge in [-0.3, -0.25) is 0 Å². The second-order valence-corrected chi connectivity index (χ2v) is 7.83. The van der Waals surface area contributed by atoms with Gasteiger partial charge in [0.1, 0.15) is 0 Å². The minimum absolute atomic E-state index is 0.0686. The largest absolute Gasteiger partial charge is 0.388 e. The van der Waals surface area contributed by atoms with Crippen molar-refractivity contribution in [1.29, 1.82) is 0 Å². The van der Waals surface area contributed by atoms with Gasteiger partial charge in [-0.1, -0.05) is 31.4 Å². The molecule has 0 amide bonds. The summed E-state index contributed by atoms with van der Waals surface area (Å²) in [7, 11) is -3.38. The number of rotatable bonds is 6. The Balaban J connectivity index is 2.20. The van der Waals surface area contributed by atoms with Crippen LogP contribution in [-0.4, -0.2) is 25.8 Å². The molecule has 5 heteroatoms. The average Bonchev–Trinajstić information content (AvgIpc) is 2.48. The van der Waals surface area contributed by atoms with Crippen LogP contribution in [0.25, 0.3) is 0 Å². The Hall–Kier alpha value is -0.910. The van der Waals surface area contributed by atoms with Gasteiger partial charge >= 0.3 is 0 Å². The lowest BCUT2D eigenvalue weighted by Gasteiger charge is -2.21. The summed E-state index contributed by atoms with van der Waals surface area (Å²) in [5.41, 5.74) is 5.68. The van der Waals surface area contributed by atoms with Crippen LogP contribution in [0.3, 0.4) is 0 Å².